The molecular weight excluding hydrogens is 229 g/mol. The van der Waals surface area contributed by atoms with Crippen LogP contribution in [0.2, 0.25) is 0 Å². The van der Waals surface area contributed by atoms with Crippen LogP contribution in [0, 0.1) is 0 Å². The summed E-state index contributed by atoms with van der Waals surface area (Å²) >= 11 is 0. The first-order valence-corrected chi connectivity index (χ1v) is 5.34. The zero-order valence-corrected chi connectivity index (χ0v) is 9.57. The lowest BCUT2D eigenvalue weighted by Gasteiger charge is -2.23. The molecule has 0 fully saturated rings. The maximum Gasteiger partial charge on any atom is 0.449 e. The Morgan fingerprint density at radius 2 is 1.76 bits per heavy atom. The van der Waals surface area contributed by atoms with E-state index in [2.05, 4.69) is 4.99 Å². The summed E-state index contributed by atoms with van der Waals surface area (Å²) in [6.45, 7) is 1.75. The standard InChI is InChI=1S/C12H13F3N2/c1-8-10(9-6-4-3-5-7-9)16-11(17(8)2)12(13,14)15/h3-8,10H,1-2H3. The van der Waals surface area contributed by atoms with Crippen molar-refractivity contribution in [2.75, 3.05) is 7.05 Å². The van der Waals surface area contributed by atoms with E-state index in [1.54, 1.807) is 19.1 Å². The maximum absolute atomic E-state index is 12.7. The topological polar surface area (TPSA) is 15.6 Å². The average molecular weight is 242 g/mol. The first kappa shape index (κ1) is 12.0. The molecule has 1 aliphatic rings. The summed E-state index contributed by atoms with van der Waals surface area (Å²) < 4.78 is 38.1. The lowest BCUT2D eigenvalue weighted by atomic mass is 10.0. The van der Waals surface area contributed by atoms with Crippen LogP contribution in [0.5, 0.6) is 0 Å². The third-order valence-electron chi connectivity index (χ3n) is 3.06. The summed E-state index contributed by atoms with van der Waals surface area (Å²) in [7, 11) is 1.43. The van der Waals surface area contributed by atoms with Crippen LogP contribution in [0.1, 0.15) is 18.5 Å². The van der Waals surface area contributed by atoms with E-state index in [0.29, 0.717) is 0 Å². The fourth-order valence-electron chi connectivity index (χ4n) is 2.01. The molecule has 1 aromatic rings. The third kappa shape index (κ3) is 2.14. The van der Waals surface area contributed by atoms with Gasteiger partial charge in [0, 0.05) is 7.05 Å². The Morgan fingerprint density at radius 3 is 2.24 bits per heavy atom. The minimum atomic E-state index is -4.38. The number of amidine groups is 1. The Hall–Kier alpha value is -1.52. The monoisotopic (exact) mass is 242 g/mol. The minimum absolute atomic E-state index is 0.283. The quantitative estimate of drug-likeness (QED) is 0.739. The minimum Gasteiger partial charge on any atom is -0.351 e. The van der Waals surface area contributed by atoms with Gasteiger partial charge in [0.15, 0.2) is 0 Å². The van der Waals surface area contributed by atoms with Crippen LogP contribution in [0.25, 0.3) is 0 Å². The number of aliphatic imine (C=N–C) groups is 1. The summed E-state index contributed by atoms with van der Waals surface area (Å²) in [5, 5.41) is 0. The van der Waals surface area contributed by atoms with Crippen LogP contribution >= 0.6 is 0 Å². The van der Waals surface area contributed by atoms with Gasteiger partial charge < -0.3 is 4.90 Å². The van der Waals surface area contributed by atoms with Crippen LogP contribution < -0.4 is 0 Å². The fraction of sp³-hybridized carbons (Fsp3) is 0.417. The molecule has 17 heavy (non-hydrogen) atoms. The Labute approximate surface area is 97.8 Å². The second-order valence-corrected chi connectivity index (χ2v) is 4.16. The molecule has 0 saturated heterocycles. The number of rotatable bonds is 1. The van der Waals surface area contributed by atoms with Crippen LogP contribution in [-0.2, 0) is 0 Å². The lowest BCUT2D eigenvalue weighted by molar-refractivity contribution is -0.0672. The highest BCUT2D eigenvalue weighted by molar-refractivity contribution is 5.89. The van der Waals surface area contributed by atoms with E-state index in [0.717, 1.165) is 5.56 Å². The molecule has 0 N–H and O–H groups in total. The van der Waals surface area contributed by atoms with E-state index in [9.17, 15) is 13.2 Å². The van der Waals surface area contributed by atoms with Crippen molar-refractivity contribution < 1.29 is 13.2 Å². The van der Waals surface area contributed by atoms with E-state index >= 15 is 0 Å². The molecule has 0 aromatic heterocycles. The SMILES string of the molecule is CC1C(c2ccccc2)N=C(C(F)(F)F)N1C. The molecule has 1 aromatic carbocycles. The van der Waals surface area contributed by atoms with Gasteiger partial charge in [-0.3, -0.25) is 4.99 Å². The van der Waals surface area contributed by atoms with Crippen LogP contribution in [0.15, 0.2) is 35.3 Å². The molecule has 2 atom stereocenters. The summed E-state index contributed by atoms with van der Waals surface area (Å²) in [6.07, 6.45) is -4.38. The van der Waals surface area contributed by atoms with Gasteiger partial charge in [-0.15, -0.1) is 0 Å². The summed E-state index contributed by atoms with van der Waals surface area (Å²) in [6, 6.07) is 8.33. The largest absolute Gasteiger partial charge is 0.449 e. The van der Waals surface area contributed by atoms with Crippen molar-refractivity contribution in [2.45, 2.75) is 25.2 Å². The van der Waals surface area contributed by atoms with Crippen molar-refractivity contribution in [3.63, 3.8) is 0 Å². The highest BCUT2D eigenvalue weighted by Gasteiger charge is 2.45. The number of likely N-dealkylation sites (N-methyl/N-ethyl adjacent to an activating group) is 1. The lowest BCUT2D eigenvalue weighted by Crippen LogP contribution is -2.39. The number of nitrogens with zero attached hydrogens (tertiary/aromatic N) is 2. The van der Waals surface area contributed by atoms with Crippen molar-refractivity contribution in [3.8, 4) is 0 Å². The van der Waals surface area contributed by atoms with Crippen molar-refractivity contribution in [3.05, 3.63) is 35.9 Å². The van der Waals surface area contributed by atoms with Gasteiger partial charge in [-0.25, -0.2) is 0 Å². The Balaban J connectivity index is 2.35. The predicted octanol–water partition coefficient (Wildman–Crippen LogP) is 3.02. The Bertz CT molecular complexity index is 425. The smallest absolute Gasteiger partial charge is 0.351 e. The van der Waals surface area contributed by atoms with Gasteiger partial charge >= 0.3 is 6.18 Å². The maximum atomic E-state index is 12.7. The molecule has 0 saturated carbocycles. The molecule has 1 aliphatic heterocycles. The molecule has 0 radical (unpaired) electrons. The van der Waals surface area contributed by atoms with E-state index in [-0.39, 0.29) is 6.04 Å². The van der Waals surface area contributed by atoms with E-state index in [1.807, 2.05) is 18.2 Å². The number of hydrogen-bond acceptors (Lipinski definition) is 2. The third-order valence-corrected chi connectivity index (χ3v) is 3.06. The predicted molar refractivity (Wildman–Crippen MR) is 59.9 cm³/mol. The van der Waals surface area contributed by atoms with Gasteiger partial charge in [0.1, 0.15) is 0 Å². The molecule has 92 valence electrons. The Kier molecular flexibility index (Phi) is 2.85. The van der Waals surface area contributed by atoms with Gasteiger partial charge in [0.25, 0.3) is 0 Å². The van der Waals surface area contributed by atoms with Crippen LogP contribution in [-0.4, -0.2) is 30.0 Å². The van der Waals surface area contributed by atoms with Crippen molar-refractivity contribution in [1.29, 1.82) is 0 Å². The summed E-state index contributed by atoms with van der Waals surface area (Å²) in [5.41, 5.74) is 0.811. The fourth-order valence-corrected chi connectivity index (χ4v) is 2.01. The molecule has 5 heteroatoms. The highest BCUT2D eigenvalue weighted by Crippen LogP contribution is 2.35. The van der Waals surface area contributed by atoms with Gasteiger partial charge in [-0.05, 0) is 12.5 Å². The second-order valence-electron chi connectivity index (χ2n) is 4.16. The van der Waals surface area contributed by atoms with Crippen molar-refractivity contribution >= 4 is 5.84 Å². The molecule has 0 amide bonds. The number of halogens is 3. The number of benzene rings is 1. The zero-order chi connectivity index (χ0) is 12.6. The molecule has 0 aliphatic carbocycles. The van der Waals surface area contributed by atoms with Crippen molar-refractivity contribution in [2.24, 2.45) is 4.99 Å². The molecule has 2 unspecified atom stereocenters. The Morgan fingerprint density at radius 1 is 1.18 bits per heavy atom. The van der Waals surface area contributed by atoms with Gasteiger partial charge in [0.05, 0.1) is 12.1 Å². The molecule has 0 spiro atoms. The van der Waals surface area contributed by atoms with E-state index in [1.165, 1.54) is 11.9 Å². The van der Waals surface area contributed by atoms with Crippen LogP contribution in [0.4, 0.5) is 13.2 Å². The number of hydrogen-bond donors (Lipinski definition) is 0. The average Bonchev–Trinajstić information content (AvgIpc) is 2.57. The molecule has 0 bridgehead atoms. The summed E-state index contributed by atoms with van der Waals surface area (Å²) in [5.74, 6) is -0.793. The van der Waals surface area contributed by atoms with E-state index < -0.39 is 18.1 Å². The van der Waals surface area contributed by atoms with Gasteiger partial charge in [-0.1, -0.05) is 30.3 Å². The molecule has 2 rings (SSSR count). The number of alkyl halides is 3. The normalized spacial score (nSPS) is 25.0. The molecule has 2 nitrogen and oxygen atoms in total. The highest BCUT2D eigenvalue weighted by atomic mass is 19.4. The first-order valence-electron chi connectivity index (χ1n) is 5.34. The second kappa shape index (κ2) is 4.05. The molecular formula is C12H13F3N2. The van der Waals surface area contributed by atoms with Gasteiger partial charge in [0.2, 0.25) is 5.84 Å². The summed E-state index contributed by atoms with van der Waals surface area (Å²) in [4.78, 5) is 5.00. The first-order chi connectivity index (χ1) is 7.91. The zero-order valence-electron chi connectivity index (χ0n) is 9.57. The van der Waals surface area contributed by atoms with E-state index in [4.69, 9.17) is 0 Å². The van der Waals surface area contributed by atoms with Crippen molar-refractivity contribution in [1.82, 2.24) is 4.90 Å². The van der Waals surface area contributed by atoms with Gasteiger partial charge in [-0.2, -0.15) is 13.2 Å². The van der Waals surface area contributed by atoms with Crippen LogP contribution in [0.3, 0.4) is 0 Å². The molecule has 1 heterocycles.